The lowest BCUT2D eigenvalue weighted by Crippen LogP contribution is -2.34. The number of carboxylic acids is 1. The molecule has 0 unspecified atom stereocenters. The van der Waals surface area contributed by atoms with Crippen LogP contribution in [0.15, 0.2) is 30.3 Å². The number of aryl methyl sites for hydroxylation is 1. The highest BCUT2D eigenvalue weighted by Gasteiger charge is 2.37. The lowest BCUT2D eigenvalue weighted by Gasteiger charge is -2.42. The second kappa shape index (κ2) is 7.51. The molecule has 3 rings (SSSR count). The first-order chi connectivity index (χ1) is 13.0. The van der Waals surface area contributed by atoms with Crippen LogP contribution in [0.4, 0.5) is 0 Å². The summed E-state index contributed by atoms with van der Waals surface area (Å²) in [7, 11) is 0. The highest BCUT2D eigenvalue weighted by molar-refractivity contribution is 9.08. The van der Waals surface area contributed by atoms with Gasteiger partial charge in [0.15, 0.2) is 0 Å². The molecule has 2 nitrogen and oxygen atoms in total. The summed E-state index contributed by atoms with van der Waals surface area (Å²) < 4.78 is 0. The zero-order chi connectivity index (χ0) is 20.7. The summed E-state index contributed by atoms with van der Waals surface area (Å²) in [5.41, 5.74) is 7.97. The van der Waals surface area contributed by atoms with Crippen LogP contribution in [0.5, 0.6) is 0 Å². The van der Waals surface area contributed by atoms with Gasteiger partial charge in [0.05, 0.1) is 5.56 Å². The quantitative estimate of drug-likeness (QED) is 0.406. The number of alkyl halides is 1. The average molecular weight is 441 g/mol. The van der Waals surface area contributed by atoms with Crippen LogP contribution in [0, 0.1) is 6.92 Å². The summed E-state index contributed by atoms with van der Waals surface area (Å²) in [5, 5.41) is 10.0. The maximum absolute atomic E-state index is 11.2. The van der Waals surface area contributed by atoms with Crippen LogP contribution >= 0.6 is 15.9 Å². The highest BCUT2D eigenvalue weighted by atomic mass is 79.9. The molecule has 28 heavy (non-hydrogen) atoms. The highest BCUT2D eigenvalue weighted by Crippen LogP contribution is 2.46. The third-order valence-electron chi connectivity index (χ3n) is 6.19. The van der Waals surface area contributed by atoms with Crippen molar-refractivity contribution < 1.29 is 9.90 Å². The minimum Gasteiger partial charge on any atom is -0.478 e. The van der Waals surface area contributed by atoms with E-state index in [1.165, 1.54) is 35.1 Å². The zero-order valence-electron chi connectivity index (χ0n) is 17.4. The number of aromatic carboxylic acids is 1. The number of carboxylic acid groups (broad SMARTS) is 1. The molecule has 2 aromatic rings. The maximum Gasteiger partial charge on any atom is 0.335 e. The summed E-state index contributed by atoms with van der Waals surface area (Å²) in [6, 6.07) is 10.2. The molecule has 148 valence electrons. The smallest absolute Gasteiger partial charge is 0.335 e. The lowest BCUT2D eigenvalue weighted by molar-refractivity contribution is 0.0696. The first-order valence-corrected chi connectivity index (χ1v) is 10.9. The number of halogens is 1. The van der Waals surface area contributed by atoms with E-state index in [9.17, 15) is 9.90 Å². The Morgan fingerprint density at radius 1 is 1.04 bits per heavy atom. The van der Waals surface area contributed by atoms with Gasteiger partial charge in [0, 0.05) is 5.33 Å². The first-order valence-electron chi connectivity index (χ1n) is 9.81. The van der Waals surface area contributed by atoms with Crippen LogP contribution in [0.25, 0.3) is 12.2 Å². The van der Waals surface area contributed by atoms with Crippen LogP contribution < -0.4 is 0 Å². The molecule has 0 heterocycles. The molecule has 0 spiro atoms. The fraction of sp³-hybridized carbons (Fsp3) is 0.400. The minimum absolute atomic E-state index is 0.179. The van der Waals surface area contributed by atoms with Crippen molar-refractivity contribution >= 4 is 34.1 Å². The molecule has 2 aromatic carbocycles. The third-order valence-corrected chi connectivity index (χ3v) is 6.80. The first kappa shape index (κ1) is 20.9. The van der Waals surface area contributed by atoms with Crippen molar-refractivity contribution in [3.8, 4) is 0 Å². The molecule has 1 aliphatic rings. The van der Waals surface area contributed by atoms with E-state index in [1.807, 2.05) is 19.1 Å². The molecular weight excluding hydrogens is 412 g/mol. The van der Waals surface area contributed by atoms with Gasteiger partial charge in [0.1, 0.15) is 0 Å². The molecular formula is C25H29BrO2. The van der Waals surface area contributed by atoms with Gasteiger partial charge in [-0.05, 0) is 70.0 Å². The topological polar surface area (TPSA) is 37.3 Å². The monoisotopic (exact) mass is 440 g/mol. The van der Waals surface area contributed by atoms with Gasteiger partial charge in [0.25, 0.3) is 0 Å². The van der Waals surface area contributed by atoms with Gasteiger partial charge in [0.2, 0.25) is 0 Å². The maximum atomic E-state index is 11.2. The van der Waals surface area contributed by atoms with E-state index in [2.05, 4.69) is 67.9 Å². The Hall–Kier alpha value is -1.87. The summed E-state index contributed by atoms with van der Waals surface area (Å²) in [5.74, 6) is -0.880. The molecule has 0 aliphatic heterocycles. The predicted molar refractivity (Wildman–Crippen MR) is 121 cm³/mol. The Morgan fingerprint density at radius 3 is 2.18 bits per heavy atom. The predicted octanol–water partition coefficient (Wildman–Crippen LogP) is 7.11. The van der Waals surface area contributed by atoms with Gasteiger partial charge in [-0.15, -0.1) is 0 Å². The molecule has 0 radical (unpaired) electrons. The van der Waals surface area contributed by atoms with E-state index in [4.69, 9.17) is 0 Å². The van der Waals surface area contributed by atoms with Gasteiger partial charge in [-0.2, -0.15) is 0 Å². The molecule has 0 atom stereocenters. The molecule has 1 aliphatic carbocycles. The molecule has 0 aromatic heterocycles. The number of hydrogen-bond acceptors (Lipinski definition) is 1. The second-order valence-corrected chi connectivity index (χ2v) is 9.77. The standard InChI is InChI=1S/C25H29BrO2/c1-16-12-17(7-9-20(16)23(27)28)6-8-18-13-21-22(14-19(18)15-26)25(4,5)11-10-24(21,2)3/h6-9,12-14H,10-11,15H2,1-5H3,(H,27,28). The summed E-state index contributed by atoms with van der Waals surface area (Å²) >= 11 is 3.67. The largest absolute Gasteiger partial charge is 0.478 e. The third kappa shape index (κ3) is 3.96. The van der Waals surface area contributed by atoms with Crippen molar-refractivity contribution in [2.24, 2.45) is 0 Å². The Bertz CT molecular complexity index is 951. The van der Waals surface area contributed by atoms with E-state index >= 15 is 0 Å². The summed E-state index contributed by atoms with van der Waals surface area (Å²) in [6.07, 6.45) is 6.63. The van der Waals surface area contributed by atoms with Gasteiger partial charge >= 0.3 is 5.97 Å². The fourth-order valence-corrected chi connectivity index (χ4v) is 4.65. The van der Waals surface area contributed by atoms with E-state index in [0.29, 0.717) is 5.56 Å². The fourth-order valence-electron chi connectivity index (χ4n) is 4.16. The zero-order valence-corrected chi connectivity index (χ0v) is 19.0. The van der Waals surface area contributed by atoms with Gasteiger partial charge in [-0.25, -0.2) is 4.79 Å². The Morgan fingerprint density at radius 2 is 1.64 bits per heavy atom. The van der Waals surface area contributed by atoms with Crippen molar-refractivity contribution in [1.29, 1.82) is 0 Å². The molecule has 0 saturated carbocycles. The van der Waals surface area contributed by atoms with Crippen LogP contribution in [-0.4, -0.2) is 11.1 Å². The Balaban J connectivity index is 2.04. The van der Waals surface area contributed by atoms with Gasteiger partial charge in [-0.1, -0.05) is 80.0 Å². The van der Waals surface area contributed by atoms with Crippen LogP contribution in [-0.2, 0) is 16.2 Å². The second-order valence-electron chi connectivity index (χ2n) is 9.21. The van der Waals surface area contributed by atoms with Crippen molar-refractivity contribution in [3.05, 3.63) is 69.3 Å². The number of fused-ring (bicyclic) bond motifs is 1. The molecule has 0 saturated heterocycles. The van der Waals surface area contributed by atoms with E-state index < -0.39 is 5.97 Å². The lowest BCUT2D eigenvalue weighted by atomic mass is 9.62. The number of benzene rings is 2. The van der Waals surface area contributed by atoms with Crippen molar-refractivity contribution in [2.45, 2.75) is 63.6 Å². The number of rotatable bonds is 4. The van der Waals surface area contributed by atoms with Gasteiger partial charge in [-0.3, -0.25) is 0 Å². The van der Waals surface area contributed by atoms with Crippen molar-refractivity contribution in [2.75, 3.05) is 0 Å². The molecule has 0 amide bonds. The SMILES string of the molecule is Cc1cc(C=Cc2cc3c(cc2CBr)C(C)(C)CCC3(C)C)ccc1C(=O)O. The normalized spacial score (nSPS) is 17.5. The number of hydrogen-bond donors (Lipinski definition) is 1. The van der Waals surface area contributed by atoms with E-state index in [0.717, 1.165) is 16.5 Å². The van der Waals surface area contributed by atoms with Crippen LogP contribution in [0.1, 0.15) is 84.3 Å². The van der Waals surface area contributed by atoms with E-state index in [-0.39, 0.29) is 10.8 Å². The Kier molecular flexibility index (Phi) is 5.60. The van der Waals surface area contributed by atoms with Crippen molar-refractivity contribution in [3.63, 3.8) is 0 Å². The molecule has 3 heteroatoms. The summed E-state index contributed by atoms with van der Waals surface area (Å²) in [6.45, 7) is 11.2. The minimum atomic E-state index is -0.880. The average Bonchev–Trinajstić information content (AvgIpc) is 2.63. The molecule has 0 bridgehead atoms. The van der Waals surface area contributed by atoms with Crippen LogP contribution in [0.3, 0.4) is 0 Å². The van der Waals surface area contributed by atoms with E-state index in [1.54, 1.807) is 6.07 Å². The Labute approximate surface area is 176 Å². The van der Waals surface area contributed by atoms with Gasteiger partial charge < -0.3 is 5.11 Å². The molecule has 0 fully saturated rings. The van der Waals surface area contributed by atoms with Crippen LogP contribution in [0.2, 0.25) is 0 Å². The molecule has 1 N–H and O–H groups in total. The number of carbonyl (C=O) groups is 1. The summed E-state index contributed by atoms with van der Waals surface area (Å²) in [4.78, 5) is 11.2. The van der Waals surface area contributed by atoms with Crippen molar-refractivity contribution in [1.82, 2.24) is 0 Å².